The molecule has 7 heteroatoms. The summed E-state index contributed by atoms with van der Waals surface area (Å²) in [5.74, 6) is -0.984. The minimum atomic E-state index is -1.06. The molecule has 106 valence electrons. The number of hydrogen-bond acceptors (Lipinski definition) is 4. The van der Waals surface area contributed by atoms with Gasteiger partial charge in [-0.25, -0.2) is 4.98 Å². The fourth-order valence-corrected chi connectivity index (χ4v) is 1.76. The number of carbonyl (C=O) groups excluding carboxylic acids is 1. The van der Waals surface area contributed by atoms with E-state index in [-0.39, 0.29) is 13.2 Å². The summed E-state index contributed by atoms with van der Waals surface area (Å²) in [5.41, 5.74) is 1.47. The minimum Gasteiger partial charge on any atom is -0.480 e. The van der Waals surface area contributed by atoms with Crippen LogP contribution in [0.3, 0.4) is 0 Å². The van der Waals surface area contributed by atoms with Crippen LogP contribution in [0.15, 0.2) is 24.5 Å². The molecule has 0 radical (unpaired) electrons. The van der Waals surface area contributed by atoms with Crippen LogP contribution in [-0.4, -0.2) is 51.5 Å². The van der Waals surface area contributed by atoms with Gasteiger partial charge >= 0.3 is 5.97 Å². The molecule has 0 atom stereocenters. The van der Waals surface area contributed by atoms with Crippen LogP contribution in [0.25, 0.3) is 5.65 Å². The number of amides is 1. The summed E-state index contributed by atoms with van der Waals surface area (Å²) < 4.78 is 7.23. The monoisotopic (exact) mass is 277 g/mol. The van der Waals surface area contributed by atoms with Crippen LogP contribution in [0.4, 0.5) is 0 Å². The SMILES string of the molecule is Cc1cn2cccc(OCC(=O)N(C)CC(=O)O)c2n1. The smallest absolute Gasteiger partial charge is 0.323 e. The number of ether oxygens (including phenoxy) is 1. The molecule has 1 N–H and O–H groups in total. The van der Waals surface area contributed by atoms with Gasteiger partial charge < -0.3 is 19.1 Å². The third-order valence-corrected chi connectivity index (χ3v) is 2.72. The molecular formula is C13H15N3O4. The second-order valence-corrected chi connectivity index (χ2v) is 4.42. The van der Waals surface area contributed by atoms with Gasteiger partial charge in [0.25, 0.3) is 5.91 Å². The van der Waals surface area contributed by atoms with E-state index in [0.717, 1.165) is 10.6 Å². The highest BCUT2D eigenvalue weighted by Gasteiger charge is 2.14. The number of nitrogens with zero attached hydrogens (tertiary/aromatic N) is 3. The Morgan fingerprint density at radius 3 is 2.95 bits per heavy atom. The van der Waals surface area contributed by atoms with Gasteiger partial charge in [0.05, 0.1) is 5.69 Å². The van der Waals surface area contributed by atoms with Gasteiger partial charge in [0.1, 0.15) is 6.54 Å². The first-order chi connectivity index (χ1) is 9.47. The van der Waals surface area contributed by atoms with Crippen molar-refractivity contribution in [3.63, 3.8) is 0 Å². The molecule has 0 aliphatic heterocycles. The quantitative estimate of drug-likeness (QED) is 0.863. The molecule has 2 aromatic rings. The van der Waals surface area contributed by atoms with Crippen molar-refractivity contribution in [3.05, 3.63) is 30.2 Å². The first-order valence-corrected chi connectivity index (χ1v) is 6.00. The number of hydrogen-bond donors (Lipinski definition) is 1. The Balaban J connectivity index is 2.06. The van der Waals surface area contributed by atoms with Gasteiger partial charge in [0, 0.05) is 19.4 Å². The summed E-state index contributed by atoms with van der Waals surface area (Å²) in [7, 11) is 1.42. The molecule has 0 aliphatic rings. The summed E-state index contributed by atoms with van der Waals surface area (Å²) in [6.07, 6.45) is 3.68. The Labute approximate surface area is 115 Å². The molecule has 0 unspecified atom stereocenters. The van der Waals surface area contributed by atoms with Crippen molar-refractivity contribution in [1.82, 2.24) is 14.3 Å². The van der Waals surface area contributed by atoms with Crippen molar-refractivity contribution in [2.24, 2.45) is 0 Å². The van der Waals surface area contributed by atoms with E-state index in [2.05, 4.69) is 4.98 Å². The van der Waals surface area contributed by atoms with Crippen molar-refractivity contribution < 1.29 is 19.4 Å². The summed E-state index contributed by atoms with van der Waals surface area (Å²) in [6.45, 7) is 1.28. The van der Waals surface area contributed by atoms with Crippen LogP contribution in [0.1, 0.15) is 5.69 Å². The van der Waals surface area contributed by atoms with Gasteiger partial charge in [-0.1, -0.05) is 0 Å². The predicted molar refractivity (Wildman–Crippen MR) is 70.7 cm³/mol. The molecule has 2 aromatic heterocycles. The third kappa shape index (κ3) is 3.05. The van der Waals surface area contributed by atoms with E-state index in [1.807, 2.05) is 19.3 Å². The molecular weight excluding hydrogens is 262 g/mol. The number of carbonyl (C=O) groups is 2. The Morgan fingerprint density at radius 2 is 2.25 bits per heavy atom. The van der Waals surface area contributed by atoms with E-state index >= 15 is 0 Å². The molecule has 0 aromatic carbocycles. The number of fused-ring (bicyclic) bond motifs is 1. The van der Waals surface area contributed by atoms with Crippen LogP contribution in [0.5, 0.6) is 5.75 Å². The Kier molecular flexibility index (Phi) is 3.88. The maximum atomic E-state index is 11.7. The van der Waals surface area contributed by atoms with Gasteiger partial charge in [-0.15, -0.1) is 0 Å². The van der Waals surface area contributed by atoms with Crippen molar-refractivity contribution in [3.8, 4) is 5.75 Å². The van der Waals surface area contributed by atoms with E-state index < -0.39 is 11.9 Å². The summed E-state index contributed by atoms with van der Waals surface area (Å²) >= 11 is 0. The van der Waals surface area contributed by atoms with E-state index in [4.69, 9.17) is 9.84 Å². The second-order valence-electron chi connectivity index (χ2n) is 4.42. The fourth-order valence-electron chi connectivity index (χ4n) is 1.76. The molecule has 7 nitrogen and oxygen atoms in total. The van der Waals surface area contributed by atoms with Crippen molar-refractivity contribution in [2.45, 2.75) is 6.92 Å². The first-order valence-electron chi connectivity index (χ1n) is 6.00. The van der Waals surface area contributed by atoms with Gasteiger partial charge in [-0.3, -0.25) is 9.59 Å². The zero-order valence-electron chi connectivity index (χ0n) is 11.2. The minimum absolute atomic E-state index is 0.227. The lowest BCUT2D eigenvalue weighted by molar-refractivity contribution is -0.144. The van der Waals surface area contributed by atoms with Crippen LogP contribution >= 0.6 is 0 Å². The zero-order valence-corrected chi connectivity index (χ0v) is 11.2. The third-order valence-electron chi connectivity index (χ3n) is 2.72. The van der Waals surface area contributed by atoms with Gasteiger partial charge in [0.15, 0.2) is 18.0 Å². The lowest BCUT2D eigenvalue weighted by Crippen LogP contribution is -2.35. The Bertz CT molecular complexity index is 650. The molecule has 0 saturated carbocycles. The van der Waals surface area contributed by atoms with E-state index in [0.29, 0.717) is 11.4 Å². The summed E-state index contributed by atoms with van der Waals surface area (Å²) in [6, 6.07) is 3.50. The van der Waals surface area contributed by atoms with Crippen molar-refractivity contribution in [2.75, 3.05) is 20.2 Å². The average molecular weight is 277 g/mol. The number of imidazole rings is 1. The topological polar surface area (TPSA) is 84.1 Å². The number of rotatable bonds is 5. The molecule has 0 spiro atoms. The highest BCUT2D eigenvalue weighted by Crippen LogP contribution is 2.18. The summed E-state index contributed by atoms with van der Waals surface area (Å²) in [5, 5.41) is 8.61. The van der Waals surface area contributed by atoms with Crippen LogP contribution in [0.2, 0.25) is 0 Å². The standard InChI is InChI=1S/C13H15N3O4/c1-9-6-16-5-3-4-10(13(16)14-9)20-8-11(17)15(2)7-12(18)19/h3-6H,7-8H2,1-2H3,(H,18,19). The molecule has 2 rings (SSSR count). The lowest BCUT2D eigenvalue weighted by Gasteiger charge is -2.15. The molecule has 1 amide bonds. The van der Waals surface area contributed by atoms with Gasteiger partial charge in [-0.2, -0.15) is 0 Å². The zero-order chi connectivity index (χ0) is 14.7. The number of carboxylic acids is 1. The maximum absolute atomic E-state index is 11.7. The highest BCUT2D eigenvalue weighted by atomic mass is 16.5. The molecule has 0 saturated heterocycles. The first kappa shape index (κ1) is 13.9. The number of aliphatic carboxylic acids is 1. The van der Waals surface area contributed by atoms with Crippen LogP contribution < -0.4 is 4.74 Å². The molecule has 0 bridgehead atoms. The summed E-state index contributed by atoms with van der Waals surface area (Å²) in [4.78, 5) is 27.6. The highest BCUT2D eigenvalue weighted by molar-refractivity contribution is 5.82. The number of aryl methyl sites for hydroxylation is 1. The van der Waals surface area contributed by atoms with Crippen molar-refractivity contribution in [1.29, 1.82) is 0 Å². The molecule has 20 heavy (non-hydrogen) atoms. The molecule has 2 heterocycles. The second kappa shape index (κ2) is 5.60. The largest absolute Gasteiger partial charge is 0.480 e. The average Bonchev–Trinajstić information content (AvgIpc) is 2.75. The van der Waals surface area contributed by atoms with Gasteiger partial charge in [0.2, 0.25) is 0 Å². The fraction of sp³-hybridized carbons (Fsp3) is 0.308. The van der Waals surface area contributed by atoms with Crippen LogP contribution in [-0.2, 0) is 9.59 Å². The predicted octanol–water partition coefficient (Wildman–Crippen LogP) is 0.565. The van der Waals surface area contributed by atoms with Gasteiger partial charge in [-0.05, 0) is 19.1 Å². The van der Waals surface area contributed by atoms with E-state index in [1.165, 1.54) is 7.05 Å². The maximum Gasteiger partial charge on any atom is 0.323 e. The van der Waals surface area contributed by atoms with E-state index in [9.17, 15) is 9.59 Å². The van der Waals surface area contributed by atoms with E-state index in [1.54, 1.807) is 16.5 Å². The number of carboxylic acid groups (broad SMARTS) is 1. The number of pyridine rings is 1. The number of aromatic nitrogens is 2. The van der Waals surface area contributed by atoms with Crippen molar-refractivity contribution >= 4 is 17.5 Å². The normalized spacial score (nSPS) is 10.5. The van der Waals surface area contributed by atoms with Crippen LogP contribution in [0, 0.1) is 6.92 Å². The number of likely N-dealkylation sites (N-methyl/N-ethyl adjacent to an activating group) is 1. The lowest BCUT2D eigenvalue weighted by atomic mass is 10.4. The molecule has 0 fully saturated rings. The molecule has 0 aliphatic carbocycles. The Hall–Kier alpha value is -2.57. The Morgan fingerprint density at radius 1 is 1.50 bits per heavy atom.